The maximum atomic E-state index is 5.15. The van der Waals surface area contributed by atoms with E-state index in [2.05, 4.69) is 0 Å². The molecule has 0 unspecified atom stereocenters. The molecule has 0 saturated carbocycles. The van der Waals surface area contributed by atoms with Gasteiger partial charge in [0.1, 0.15) is 5.75 Å². The van der Waals surface area contributed by atoms with Gasteiger partial charge in [0, 0.05) is 0 Å². The summed E-state index contributed by atoms with van der Waals surface area (Å²) in [5.74, 6) is 0.851. The smallest absolute Gasteiger partial charge is 0.321 e. The molecule has 0 amide bonds. The zero-order valence-electron chi connectivity index (χ0n) is 5.33. The van der Waals surface area contributed by atoms with Crippen molar-refractivity contribution in [1.29, 1.82) is 0 Å². The summed E-state index contributed by atoms with van der Waals surface area (Å²) in [6.07, 6.45) is 3.18. The zero-order valence-corrected chi connectivity index (χ0v) is 5.33. The Bertz CT molecular complexity index is 160. The Balaban J connectivity index is 2.61. The Labute approximate surface area is 54.1 Å². The average Bonchev–Trinajstić information content (AvgIpc) is 1.91. The van der Waals surface area contributed by atoms with E-state index in [0.717, 1.165) is 5.75 Å². The van der Waals surface area contributed by atoms with Crippen molar-refractivity contribution in [1.82, 2.24) is 0 Å². The highest BCUT2D eigenvalue weighted by molar-refractivity contribution is 5.14. The molecule has 0 fully saturated rings. The number of hydrogen-bond acceptors (Lipinski definition) is 1. The van der Waals surface area contributed by atoms with Crippen molar-refractivity contribution in [2.75, 3.05) is 6.61 Å². The Morgan fingerprint density at radius 1 is 1.44 bits per heavy atom. The molecule has 2 nitrogen and oxygen atoms in total. The fraction of sp³-hybridized carbons (Fsp3) is 0.286. The molecule has 0 aliphatic carbocycles. The van der Waals surface area contributed by atoms with Crippen molar-refractivity contribution in [3.63, 3.8) is 0 Å². The predicted octanol–water partition coefficient (Wildman–Crippen LogP) is 1.96. The Morgan fingerprint density at radius 2 is 2.11 bits per heavy atom. The standard InChI is InChI=1S/C7H9O2/c1-2-9-7-3-5-8-6-4-7/h3-6H,2H2,1H3/q+1. The fourth-order valence-electron chi connectivity index (χ4n) is 0.576. The minimum atomic E-state index is 0.698. The zero-order chi connectivity index (χ0) is 6.53. The monoisotopic (exact) mass is 125 g/mol. The third-order valence-electron chi connectivity index (χ3n) is 0.933. The molecule has 48 valence electrons. The van der Waals surface area contributed by atoms with Crippen LogP contribution >= 0.6 is 0 Å². The van der Waals surface area contributed by atoms with E-state index in [1.165, 1.54) is 0 Å². The molecule has 1 heterocycles. The van der Waals surface area contributed by atoms with Gasteiger partial charge in [0.15, 0.2) is 0 Å². The number of ether oxygens (including phenoxy) is 1. The number of rotatable bonds is 2. The lowest BCUT2D eigenvalue weighted by atomic mass is 10.5. The molecule has 1 aromatic heterocycles. The van der Waals surface area contributed by atoms with E-state index in [1.54, 1.807) is 24.7 Å². The molecular formula is C7H9O2+. The fourth-order valence-corrected chi connectivity index (χ4v) is 0.576. The Kier molecular flexibility index (Phi) is 2.07. The lowest BCUT2D eigenvalue weighted by Gasteiger charge is -1.95. The van der Waals surface area contributed by atoms with Gasteiger partial charge in [-0.15, -0.1) is 0 Å². The summed E-state index contributed by atoms with van der Waals surface area (Å²) in [5, 5.41) is 0. The summed E-state index contributed by atoms with van der Waals surface area (Å²) < 4.78 is 9.93. The van der Waals surface area contributed by atoms with Crippen LogP contribution < -0.4 is 4.74 Å². The molecule has 0 aromatic carbocycles. The van der Waals surface area contributed by atoms with E-state index in [0.29, 0.717) is 6.61 Å². The van der Waals surface area contributed by atoms with Crippen LogP contribution in [0.4, 0.5) is 0 Å². The van der Waals surface area contributed by atoms with Gasteiger partial charge < -0.3 is 4.74 Å². The van der Waals surface area contributed by atoms with Crippen molar-refractivity contribution < 1.29 is 9.15 Å². The second-order valence-electron chi connectivity index (χ2n) is 1.58. The minimum Gasteiger partial charge on any atom is -0.493 e. The molecule has 9 heavy (non-hydrogen) atoms. The topological polar surface area (TPSA) is 20.5 Å². The Morgan fingerprint density at radius 3 is 2.67 bits per heavy atom. The van der Waals surface area contributed by atoms with Crippen LogP contribution in [-0.4, -0.2) is 6.61 Å². The van der Waals surface area contributed by atoms with Gasteiger partial charge in [-0.05, 0) is 6.92 Å². The van der Waals surface area contributed by atoms with Gasteiger partial charge in [0.25, 0.3) is 0 Å². The highest BCUT2D eigenvalue weighted by atomic mass is 16.5. The minimum absolute atomic E-state index is 0.698. The maximum Gasteiger partial charge on any atom is 0.321 e. The molecule has 0 aliphatic rings. The van der Waals surface area contributed by atoms with Crippen LogP contribution in [-0.2, 0) is 0 Å². The van der Waals surface area contributed by atoms with Gasteiger partial charge in [-0.25, -0.2) is 4.42 Å². The van der Waals surface area contributed by atoms with Gasteiger partial charge in [0.2, 0.25) is 0 Å². The molecule has 0 saturated heterocycles. The lowest BCUT2D eigenvalue weighted by Crippen LogP contribution is -1.89. The molecular weight excluding hydrogens is 116 g/mol. The van der Waals surface area contributed by atoms with E-state index >= 15 is 0 Å². The normalized spacial score (nSPS) is 9.00. The first kappa shape index (κ1) is 6.08. The quantitative estimate of drug-likeness (QED) is 0.563. The summed E-state index contributed by atoms with van der Waals surface area (Å²) in [5.41, 5.74) is 0. The van der Waals surface area contributed by atoms with Gasteiger partial charge in [-0.2, -0.15) is 0 Å². The van der Waals surface area contributed by atoms with Gasteiger partial charge in [0.05, 0.1) is 18.7 Å². The van der Waals surface area contributed by atoms with E-state index < -0.39 is 0 Å². The molecule has 0 atom stereocenters. The highest BCUT2D eigenvalue weighted by Crippen LogP contribution is 2.06. The second-order valence-corrected chi connectivity index (χ2v) is 1.58. The van der Waals surface area contributed by atoms with Crippen LogP contribution in [0.15, 0.2) is 29.1 Å². The van der Waals surface area contributed by atoms with Crippen molar-refractivity contribution >= 4 is 0 Å². The Hall–Kier alpha value is -1.05. The molecule has 0 radical (unpaired) electrons. The van der Waals surface area contributed by atoms with Crippen LogP contribution in [0.3, 0.4) is 0 Å². The van der Waals surface area contributed by atoms with Crippen molar-refractivity contribution in [2.45, 2.75) is 6.92 Å². The van der Waals surface area contributed by atoms with Crippen LogP contribution in [0.1, 0.15) is 6.92 Å². The van der Waals surface area contributed by atoms with E-state index in [9.17, 15) is 0 Å². The largest absolute Gasteiger partial charge is 0.493 e. The molecule has 0 aliphatic heterocycles. The van der Waals surface area contributed by atoms with Crippen LogP contribution in [0.25, 0.3) is 0 Å². The third kappa shape index (κ3) is 1.72. The summed E-state index contributed by atoms with van der Waals surface area (Å²) in [6.45, 7) is 2.65. The van der Waals surface area contributed by atoms with E-state index in [-0.39, 0.29) is 0 Å². The maximum absolute atomic E-state index is 5.15. The molecule has 0 bridgehead atoms. The van der Waals surface area contributed by atoms with Crippen molar-refractivity contribution in [2.24, 2.45) is 0 Å². The summed E-state index contributed by atoms with van der Waals surface area (Å²) in [6, 6.07) is 3.56. The van der Waals surface area contributed by atoms with Gasteiger partial charge in [-0.3, -0.25) is 0 Å². The second kappa shape index (κ2) is 3.07. The van der Waals surface area contributed by atoms with Crippen LogP contribution in [0.5, 0.6) is 5.75 Å². The average molecular weight is 125 g/mol. The first-order valence-corrected chi connectivity index (χ1v) is 2.92. The van der Waals surface area contributed by atoms with Crippen LogP contribution in [0.2, 0.25) is 0 Å². The first-order valence-electron chi connectivity index (χ1n) is 2.92. The number of hydrogen-bond donors (Lipinski definition) is 0. The summed E-state index contributed by atoms with van der Waals surface area (Å²) in [4.78, 5) is 0. The van der Waals surface area contributed by atoms with Gasteiger partial charge in [-0.1, -0.05) is 0 Å². The third-order valence-corrected chi connectivity index (χ3v) is 0.933. The van der Waals surface area contributed by atoms with E-state index in [1.807, 2.05) is 6.92 Å². The van der Waals surface area contributed by atoms with Gasteiger partial charge >= 0.3 is 12.5 Å². The lowest BCUT2D eigenvalue weighted by molar-refractivity contribution is 0.336. The van der Waals surface area contributed by atoms with Crippen molar-refractivity contribution in [3.8, 4) is 5.75 Å². The predicted molar refractivity (Wildman–Crippen MR) is 34.3 cm³/mol. The molecule has 1 aromatic rings. The SMILES string of the molecule is CCOc1cc[o+]cc1. The van der Waals surface area contributed by atoms with Crippen LogP contribution in [0, 0.1) is 0 Å². The summed E-state index contributed by atoms with van der Waals surface area (Å²) in [7, 11) is 0. The first-order chi connectivity index (χ1) is 4.43. The van der Waals surface area contributed by atoms with E-state index in [4.69, 9.17) is 9.15 Å². The molecule has 0 N–H and O–H groups in total. The molecule has 0 spiro atoms. The molecule has 1 rings (SSSR count). The summed E-state index contributed by atoms with van der Waals surface area (Å²) >= 11 is 0. The van der Waals surface area contributed by atoms with Crippen molar-refractivity contribution in [3.05, 3.63) is 24.7 Å². The molecule has 2 heteroatoms. The highest BCUT2D eigenvalue weighted by Gasteiger charge is 1.92.